The second kappa shape index (κ2) is 48.4. The second-order valence-electron chi connectivity index (χ2n) is 20.6. The van der Waals surface area contributed by atoms with Crippen molar-refractivity contribution < 1.29 is 58.2 Å². The smallest absolute Gasteiger partial charge is 0.335 e. The van der Waals surface area contributed by atoms with E-state index in [1.54, 1.807) is 0 Å². The van der Waals surface area contributed by atoms with Crippen LogP contribution in [0.1, 0.15) is 290 Å². The number of ether oxygens (including phenoxy) is 5. The first kappa shape index (κ1) is 66.5. The van der Waals surface area contributed by atoms with Crippen molar-refractivity contribution >= 4 is 23.9 Å². The Kier molecular flexibility index (Phi) is 45.3. The first-order chi connectivity index (χ1) is 34.6. The van der Waals surface area contributed by atoms with Gasteiger partial charge in [0.1, 0.15) is 18.8 Å². The van der Waals surface area contributed by atoms with Crippen molar-refractivity contribution in [3.63, 3.8) is 0 Å². The van der Waals surface area contributed by atoms with Gasteiger partial charge in [0.25, 0.3) is 0 Å². The molecule has 12 heteroatoms. The molecule has 12 nitrogen and oxygen atoms in total. The van der Waals surface area contributed by atoms with Gasteiger partial charge in [-0.05, 0) is 38.5 Å². The number of hydrogen-bond acceptors (Lipinski definition) is 11. The van der Waals surface area contributed by atoms with Crippen LogP contribution < -0.4 is 0 Å². The summed E-state index contributed by atoms with van der Waals surface area (Å²) >= 11 is 0. The number of unbranched alkanes of at least 4 members (excludes halogenated alkanes) is 35. The number of carboxylic acid groups (broad SMARTS) is 1. The molecule has 6 atom stereocenters. The van der Waals surface area contributed by atoms with E-state index in [1.165, 1.54) is 154 Å². The summed E-state index contributed by atoms with van der Waals surface area (Å²) in [7, 11) is 0. The number of allylic oxidation sites excluding steroid dienone is 2. The lowest BCUT2D eigenvalue weighted by Gasteiger charge is -2.40. The van der Waals surface area contributed by atoms with Crippen LogP contribution in [0.15, 0.2) is 12.2 Å². The number of carboxylic acids is 1. The standard InChI is InChI=1S/C59H108O12/c1-4-7-10-13-16-19-22-23-24-25-26-27-28-29-32-35-38-41-44-47-53(62)70-57-55(64)54(63)56(58(65)66)71-59(57)68-49-50(69-52(61)46-43-40-37-34-31-21-18-15-12-9-6-3)48-67-51(60)45-42-39-36-33-30-20-17-14-11-8-5-2/h14,17,50,54-57,59,63-64H,4-13,15-16,18-49H2,1-3H3,(H,65,66)/b17-14-. The summed E-state index contributed by atoms with van der Waals surface area (Å²) in [5, 5.41) is 31.4. The Morgan fingerprint density at radius 2 is 0.817 bits per heavy atom. The molecule has 1 rings (SSSR count). The molecule has 1 aliphatic heterocycles. The molecule has 3 N–H and O–H groups in total. The third kappa shape index (κ3) is 38.7. The largest absolute Gasteiger partial charge is 0.479 e. The molecule has 71 heavy (non-hydrogen) atoms. The zero-order valence-corrected chi connectivity index (χ0v) is 45.7. The lowest BCUT2D eigenvalue weighted by Crippen LogP contribution is -2.61. The fourth-order valence-corrected chi connectivity index (χ4v) is 9.23. The van der Waals surface area contributed by atoms with Gasteiger partial charge in [0.05, 0.1) is 6.61 Å². The molecule has 0 aromatic rings. The molecule has 0 amide bonds. The monoisotopic (exact) mass is 1010 g/mol. The van der Waals surface area contributed by atoms with E-state index in [2.05, 4.69) is 32.9 Å². The second-order valence-corrected chi connectivity index (χ2v) is 20.6. The van der Waals surface area contributed by atoms with Gasteiger partial charge < -0.3 is 39.0 Å². The van der Waals surface area contributed by atoms with Crippen LogP contribution in [0.3, 0.4) is 0 Å². The number of aliphatic hydroxyl groups is 2. The molecule has 0 spiro atoms. The van der Waals surface area contributed by atoms with Gasteiger partial charge in [-0.2, -0.15) is 0 Å². The predicted octanol–water partition coefficient (Wildman–Crippen LogP) is 14.9. The van der Waals surface area contributed by atoms with Gasteiger partial charge in [-0.3, -0.25) is 14.4 Å². The summed E-state index contributed by atoms with van der Waals surface area (Å²) in [6, 6.07) is 0. The van der Waals surface area contributed by atoms with Gasteiger partial charge in [0.15, 0.2) is 24.6 Å². The van der Waals surface area contributed by atoms with E-state index in [9.17, 15) is 34.5 Å². The molecule has 0 saturated carbocycles. The highest BCUT2D eigenvalue weighted by Gasteiger charge is 2.50. The first-order valence-electron chi connectivity index (χ1n) is 29.7. The fraction of sp³-hybridized carbons (Fsp3) is 0.898. The molecule has 416 valence electrons. The van der Waals surface area contributed by atoms with Crippen LogP contribution >= 0.6 is 0 Å². The molecule has 6 unspecified atom stereocenters. The molecular weight excluding hydrogens is 901 g/mol. The molecule has 1 fully saturated rings. The van der Waals surface area contributed by atoms with E-state index in [-0.39, 0.29) is 25.9 Å². The Labute approximate surface area is 433 Å². The van der Waals surface area contributed by atoms with Crippen molar-refractivity contribution in [2.24, 2.45) is 0 Å². The maximum Gasteiger partial charge on any atom is 0.335 e. The number of aliphatic hydroxyl groups excluding tert-OH is 2. The first-order valence-corrected chi connectivity index (χ1v) is 29.7. The van der Waals surface area contributed by atoms with Crippen molar-refractivity contribution in [1.29, 1.82) is 0 Å². The molecular formula is C59H108O12. The van der Waals surface area contributed by atoms with E-state index < -0.39 is 67.3 Å². The minimum atomic E-state index is -1.90. The van der Waals surface area contributed by atoms with Gasteiger partial charge in [-0.1, -0.05) is 245 Å². The van der Waals surface area contributed by atoms with Crippen molar-refractivity contribution in [3.05, 3.63) is 12.2 Å². The summed E-state index contributed by atoms with van der Waals surface area (Å²) in [5.74, 6) is -3.10. The van der Waals surface area contributed by atoms with E-state index in [1.807, 2.05) is 0 Å². The van der Waals surface area contributed by atoms with Crippen LogP contribution in [0.2, 0.25) is 0 Å². The normalized spacial score (nSPS) is 18.5. The van der Waals surface area contributed by atoms with E-state index in [0.29, 0.717) is 19.3 Å². The highest BCUT2D eigenvalue weighted by Crippen LogP contribution is 2.27. The third-order valence-corrected chi connectivity index (χ3v) is 13.8. The highest BCUT2D eigenvalue weighted by molar-refractivity contribution is 5.74. The van der Waals surface area contributed by atoms with Crippen LogP contribution in [-0.2, 0) is 42.9 Å². The number of esters is 3. The Morgan fingerprint density at radius 1 is 0.451 bits per heavy atom. The predicted molar refractivity (Wildman–Crippen MR) is 285 cm³/mol. The van der Waals surface area contributed by atoms with Crippen molar-refractivity contribution in [2.45, 2.75) is 327 Å². The summed E-state index contributed by atoms with van der Waals surface area (Å²) < 4.78 is 28.4. The van der Waals surface area contributed by atoms with Crippen molar-refractivity contribution in [3.8, 4) is 0 Å². The minimum absolute atomic E-state index is 0.0684. The zero-order valence-electron chi connectivity index (χ0n) is 45.7. The van der Waals surface area contributed by atoms with Crippen LogP contribution in [-0.4, -0.2) is 89.2 Å². The Balaban J connectivity index is 2.62. The average molecular weight is 1010 g/mol. The summed E-state index contributed by atoms with van der Waals surface area (Å²) in [4.78, 5) is 51.0. The van der Waals surface area contributed by atoms with Crippen LogP contribution in [0.5, 0.6) is 0 Å². The average Bonchev–Trinajstić information content (AvgIpc) is 3.35. The molecule has 1 heterocycles. The number of hydrogen-bond donors (Lipinski definition) is 3. The van der Waals surface area contributed by atoms with Gasteiger partial charge in [0.2, 0.25) is 0 Å². The molecule has 0 aromatic heterocycles. The molecule has 0 radical (unpaired) electrons. The van der Waals surface area contributed by atoms with E-state index >= 15 is 0 Å². The van der Waals surface area contributed by atoms with Gasteiger partial charge >= 0.3 is 23.9 Å². The quantitative estimate of drug-likeness (QED) is 0.0228. The Hall–Kier alpha value is -2.54. The third-order valence-electron chi connectivity index (χ3n) is 13.8. The van der Waals surface area contributed by atoms with E-state index in [4.69, 9.17) is 23.7 Å². The lowest BCUT2D eigenvalue weighted by atomic mass is 9.98. The highest BCUT2D eigenvalue weighted by atomic mass is 16.7. The number of rotatable bonds is 51. The number of carbonyl (C=O) groups is 4. The topological polar surface area (TPSA) is 175 Å². The zero-order chi connectivity index (χ0) is 51.8. The van der Waals surface area contributed by atoms with Crippen LogP contribution in [0.25, 0.3) is 0 Å². The molecule has 0 aliphatic carbocycles. The Bertz CT molecular complexity index is 1290. The van der Waals surface area contributed by atoms with E-state index in [0.717, 1.165) is 77.0 Å². The number of aliphatic carboxylic acids is 1. The maximum atomic E-state index is 13.1. The summed E-state index contributed by atoms with van der Waals surface area (Å²) in [6.07, 6.45) is 40.5. The number of carbonyl (C=O) groups excluding carboxylic acids is 3. The molecule has 1 aliphatic rings. The molecule has 1 saturated heterocycles. The van der Waals surface area contributed by atoms with Crippen LogP contribution in [0, 0.1) is 0 Å². The molecule has 0 bridgehead atoms. The maximum absolute atomic E-state index is 13.1. The van der Waals surface area contributed by atoms with Crippen molar-refractivity contribution in [2.75, 3.05) is 13.2 Å². The summed E-state index contributed by atoms with van der Waals surface area (Å²) in [6.45, 7) is 5.97. The fourth-order valence-electron chi connectivity index (χ4n) is 9.23. The van der Waals surface area contributed by atoms with Gasteiger partial charge in [-0.15, -0.1) is 0 Å². The Morgan fingerprint density at radius 3 is 1.24 bits per heavy atom. The summed E-state index contributed by atoms with van der Waals surface area (Å²) in [5.41, 5.74) is 0. The van der Waals surface area contributed by atoms with Gasteiger partial charge in [0, 0.05) is 19.3 Å². The minimum Gasteiger partial charge on any atom is -0.479 e. The van der Waals surface area contributed by atoms with Gasteiger partial charge in [-0.25, -0.2) is 4.79 Å². The van der Waals surface area contributed by atoms with Crippen LogP contribution in [0.4, 0.5) is 0 Å². The molecule has 0 aromatic carbocycles. The SMILES string of the molecule is CCCC/C=C\CCCCCCCC(=O)OCC(COC1OC(C(=O)O)C(O)C(O)C1OC(=O)CCCCCCCCCCCCCCCCCCCCC)OC(=O)CCCCCCCCCCCCC. The van der Waals surface area contributed by atoms with Crippen molar-refractivity contribution in [1.82, 2.24) is 0 Å². The lowest BCUT2D eigenvalue weighted by molar-refractivity contribution is -0.301.